The van der Waals surface area contributed by atoms with E-state index in [0.29, 0.717) is 23.3 Å². The molecule has 0 saturated heterocycles. The molecule has 8 heteroatoms. The van der Waals surface area contributed by atoms with E-state index in [-0.39, 0.29) is 0 Å². The van der Waals surface area contributed by atoms with E-state index in [1.54, 1.807) is 17.2 Å². The Morgan fingerprint density at radius 1 is 1.30 bits per heavy atom. The summed E-state index contributed by atoms with van der Waals surface area (Å²) < 4.78 is 1.71. The van der Waals surface area contributed by atoms with Gasteiger partial charge in [0.2, 0.25) is 5.95 Å². The Hall–Kier alpha value is -3.55. The maximum atomic E-state index is 4.69. The molecule has 134 valence electrons. The molecule has 8 nitrogen and oxygen atoms in total. The fraction of sp³-hybridized carbons (Fsp3) is 0.211. The van der Waals surface area contributed by atoms with E-state index < -0.39 is 0 Å². The van der Waals surface area contributed by atoms with E-state index in [1.165, 1.54) is 11.1 Å². The maximum absolute atomic E-state index is 4.69. The van der Waals surface area contributed by atoms with Gasteiger partial charge in [-0.2, -0.15) is 15.1 Å². The van der Waals surface area contributed by atoms with E-state index in [4.69, 9.17) is 0 Å². The van der Waals surface area contributed by atoms with Gasteiger partial charge in [0.05, 0.1) is 18.2 Å². The first-order valence-electron chi connectivity index (χ1n) is 8.85. The number of hydrogen-bond acceptors (Lipinski definition) is 6. The summed E-state index contributed by atoms with van der Waals surface area (Å²) in [5.74, 6) is 1.33. The van der Waals surface area contributed by atoms with Gasteiger partial charge in [0.25, 0.3) is 0 Å². The van der Waals surface area contributed by atoms with Crippen LogP contribution in [0.3, 0.4) is 0 Å². The highest BCUT2D eigenvalue weighted by Crippen LogP contribution is 2.32. The highest BCUT2D eigenvalue weighted by Gasteiger charge is 2.20. The first-order chi connectivity index (χ1) is 13.3. The Kier molecular flexibility index (Phi) is 3.67. The minimum atomic E-state index is 0.309. The van der Waals surface area contributed by atoms with Gasteiger partial charge >= 0.3 is 0 Å². The predicted octanol–water partition coefficient (Wildman–Crippen LogP) is 3.26. The number of hydrogen-bond donors (Lipinski definition) is 2. The average Bonchev–Trinajstić information content (AvgIpc) is 3.40. The predicted molar refractivity (Wildman–Crippen MR) is 104 cm³/mol. The summed E-state index contributed by atoms with van der Waals surface area (Å²) in [6.07, 6.45) is 9.33. The Morgan fingerprint density at radius 2 is 2.22 bits per heavy atom. The van der Waals surface area contributed by atoms with Crippen LogP contribution in [-0.2, 0) is 13.5 Å². The van der Waals surface area contributed by atoms with Crippen LogP contribution in [0.25, 0.3) is 11.2 Å². The Morgan fingerprint density at radius 3 is 3.11 bits per heavy atom. The van der Waals surface area contributed by atoms with Crippen molar-refractivity contribution in [2.24, 2.45) is 12.0 Å². The molecule has 27 heavy (non-hydrogen) atoms. The van der Waals surface area contributed by atoms with Gasteiger partial charge in [-0.05, 0) is 24.0 Å². The van der Waals surface area contributed by atoms with Crippen molar-refractivity contribution in [3.05, 3.63) is 54.1 Å². The average molecular weight is 358 g/mol. The van der Waals surface area contributed by atoms with Crippen molar-refractivity contribution in [2.45, 2.75) is 18.8 Å². The summed E-state index contributed by atoms with van der Waals surface area (Å²) in [6, 6.07) is 8.54. The Labute approximate surface area is 155 Å². The highest BCUT2D eigenvalue weighted by atomic mass is 15.3. The number of fused-ring (bicyclic) bond motifs is 2. The molecule has 1 atom stereocenters. The van der Waals surface area contributed by atoms with Crippen LogP contribution in [0.2, 0.25) is 0 Å². The van der Waals surface area contributed by atoms with Crippen LogP contribution >= 0.6 is 0 Å². The molecule has 1 aliphatic rings. The summed E-state index contributed by atoms with van der Waals surface area (Å²) in [5, 5.41) is 7.30. The smallest absolute Gasteiger partial charge is 0.231 e. The molecule has 5 rings (SSSR count). The normalized spacial score (nSPS) is 16.3. The molecule has 3 heterocycles. The highest BCUT2D eigenvalue weighted by molar-refractivity contribution is 5.85. The van der Waals surface area contributed by atoms with Gasteiger partial charge in [-0.25, -0.2) is 9.98 Å². The molecule has 0 bridgehead atoms. The quantitative estimate of drug-likeness (QED) is 0.546. The number of benzene rings is 1. The largest absolute Gasteiger partial charge is 0.340 e. The van der Waals surface area contributed by atoms with E-state index >= 15 is 0 Å². The Balaban J connectivity index is 1.48. The van der Waals surface area contributed by atoms with Crippen LogP contribution in [0.15, 0.2) is 48.0 Å². The molecule has 1 aromatic carbocycles. The third-order valence-electron chi connectivity index (χ3n) is 4.78. The van der Waals surface area contributed by atoms with E-state index in [0.717, 1.165) is 24.0 Å². The van der Waals surface area contributed by atoms with Crippen LogP contribution in [-0.4, -0.2) is 35.9 Å². The van der Waals surface area contributed by atoms with Gasteiger partial charge in [-0.3, -0.25) is 4.68 Å². The lowest BCUT2D eigenvalue weighted by molar-refractivity contribution is 0.768. The minimum Gasteiger partial charge on any atom is -0.340 e. The zero-order valence-electron chi connectivity index (χ0n) is 14.8. The van der Waals surface area contributed by atoms with Gasteiger partial charge in [0, 0.05) is 25.4 Å². The zero-order valence-corrected chi connectivity index (χ0v) is 14.8. The number of H-pyrrole nitrogens is 1. The van der Waals surface area contributed by atoms with Crippen molar-refractivity contribution < 1.29 is 0 Å². The standard InChI is InChI=1S/C19H18N8/c1-27-10-14(9-23-27)24-19-25-17(16-18(26-19)22-11-21-16)20-8-13-7-6-12-4-2-3-5-15(12)13/h2-5,8-11,13H,6-7H2,1H3,(H2,21,22,24,25,26). The molecule has 0 spiro atoms. The van der Waals surface area contributed by atoms with Crippen molar-refractivity contribution in [2.75, 3.05) is 5.32 Å². The second kappa shape index (κ2) is 6.31. The summed E-state index contributed by atoms with van der Waals surface area (Å²) in [5.41, 5.74) is 4.88. The van der Waals surface area contributed by atoms with Crippen LogP contribution in [0, 0.1) is 0 Å². The molecule has 0 saturated carbocycles. The summed E-state index contributed by atoms with van der Waals surface area (Å²) in [7, 11) is 1.86. The molecule has 4 aromatic rings. The fourth-order valence-corrected chi connectivity index (χ4v) is 3.49. The summed E-state index contributed by atoms with van der Waals surface area (Å²) in [6.45, 7) is 0. The SMILES string of the molecule is Cn1cc(Nc2nc(N=CC3CCc4ccccc43)c3[nH]cnc3n2)cn1. The zero-order chi connectivity index (χ0) is 18.2. The van der Waals surface area contributed by atoms with Crippen molar-refractivity contribution in [1.82, 2.24) is 29.7 Å². The van der Waals surface area contributed by atoms with Crippen molar-refractivity contribution in [1.29, 1.82) is 0 Å². The number of aromatic amines is 1. The first kappa shape index (κ1) is 15.7. The molecule has 0 aliphatic heterocycles. The third-order valence-corrected chi connectivity index (χ3v) is 4.78. The van der Waals surface area contributed by atoms with Crippen molar-refractivity contribution in [3.63, 3.8) is 0 Å². The van der Waals surface area contributed by atoms with E-state index in [2.05, 4.69) is 59.6 Å². The molecular weight excluding hydrogens is 340 g/mol. The third kappa shape index (κ3) is 2.95. The molecule has 0 fully saturated rings. The van der Waals surface area contributed by atoms with Crippen LogP contribution in [0.1, 0.15) is 23.5 Å². The second-order valence-corrected chi connectivity index (χ2v) is 6.62. The topological polar surface area (TPSA) is 96.7 Å². The lowest BCUT2D eigenvalue weighted by Gasteiger charge is -2.06. The van der Waals surface area contributed by atoms with Crippen molar-refractivity contribution >= 4 is 34.8 Å². The summed E-state index contributed by atoms with van der Waals surface area (Å²) >= 11 is 0. The minimum absolute atomic E-state index is 0.309. The van der Waals surface area contributed by atoms with Gasteiger partial charge in [-0.15, -0.1) is 0 Å². The molecule has 3 aromatic heterocycles. The molecule has 0 amide bonds. The molecule has 2 N–H and O–H groups in total. The molecule has 1 aliphatic carbocycles. The van der Waals surface area contributed by atoms with Crippen LogP contribution in [0.5, 0.6) is 0 Å². The fourth-order valence-electron chi connectivity index (χ4n) is 3.49. The molecule has 0 radical (unpaired) electrons. The lowest BCUT2D eigenvalue weighted by Crippen LogP contribution is -1.98. The lowest BCUT2D eigenvalue weighted by atomic mass is 10.0. The Bertz CT molecular complexity index is 1140. The number of nitrogens with one attached hydrogen (secondary N) is 2. The van der Waals surface area contributed by atoms with Gasteiger partial charge < -0.3 is 10.3 Å². The van der Waals surface area contributed by atoms with E-state index in [1.807, 2.05) is 19.5 Å². The molecule has 1 unspecified atom stereocenters. The number of imidazole rings is 1. The first-order valence-corrected chi connectivity index (χ1v) is 8.85. The summed E-state index contributed by atoms with van der Waals surface area (Å²) in [4.78, 5) is 21.0. The van der Waals surface area contributed by atoms with Crippen LogP contribution < -0.4 is 5.32 Å². The van der Waals surface area contributed by atoms with Gasteiger partial charge in [0.1, 0.15) is 5.52 Å². The van der Waals surface area contributed by atoms with Gasteiger partial charge in [-0.1, -0.05) is 24.3 Å². The van der Waals surface area contributed by atoms with Crippen molar-refractivity contribution in [3.8, 4) is 0 Å². The second-order valence-electron chi connectivity index (χ2n) is 6.62. The number of aryl methyl sites for hydroxylation is 2. The van der Waals surface area contributed by atoms with E-state index in [9.17, 15) is 0 Å². The number of rotatable bonds is 4. The van der Waals surface area contributed by atoms with Crippen LogP contribution in [0.4, 0.5) is 17.5 Å². The molecular formula is C19H18N8. The monoisotopic (exact) mass is 358 g/mol. The number of aromatic nitrogens is 6. The number of anilines is 2. The van der Waals surface area contributed by atoms with Gasteiger partial charge in [0.15, 0.2) is 11.5 Å². The number of nitrogens with zero attached hydrogens (tertiary/aromatic N) is 6. The number of aliphatic imine (C=N–C) groups is 1. The maximum Gasteiger partial charge on any atom is 0.231 e.